The van der Waals surface area contributed by atoms with E-state index in [4.69, 9.17) is 20.3 Å². The number of sulfone groups is 1. The number of methoxy groups -OCH3 is 2. The first-order valence-electron chi connectivity index (χ1n) is 7.32. The van der Waals surface area contributed by atoms with Crippen molar-refractivity contribution < 1.29 is 27.8 Å². The van der Waals surface area contributed by atoms with E-state index < -0.39 is 28.2 Å². The summed E-state index contributed by atoms with van der Waals surface area (Å²) in [5.41, 5.74) is 5.84. The quantitative estimate of drug-likeness (QED) is 0.690. The van der Waals surface area contributed by atoms with Crippen molar-refractivity contribution in [2.24, 2.45) is 0 Å². The molecule has 2 aromatic rings. The number of nitriles is 1. The first-order chi connectivity index (χ1) is 12.3. The number of rotatable bonds is 6. The topological polar surface area (TPSA) is 145 Å². The van der Waals surface area contributed by atoms with Crippen LogP contribution in [0.15, 0.2) is 29.3 Å². The second-order valence-corrected chi connectivity index (χ2v) is 7.26. The van der Waals surface area contributed by atoms with Crippen LogP contribution in [0.25, 0.3) is 5.69 Å². The minimum absolute atomic E-state index is 0.0241. The van der Waals surface area contributed by atoms with Crippen LogP contribution in [-0.2, 0) is 14.6 Å². The van der Waals surface area contributed by atoms with Crippen molar-refractivity contribution in [2.45, 2.75) is 4.90 Å². The fourth-order valence-electron chi connectivity index (χ4n) is 2.39. The molecule has 0 aliphatic rings. The predicted molar refractivity (Wildman–Crippen MR) is 91.9 cm³/mol. The first kappa shape index (κ1) is 19.3. The van der Waals surface area contributed by atoms with E-state index in [9.17, 15) is 18.5 Å². The van der Waals surface area contributed by atoms with Gasteiger partial charge in [-0.1, -0.05) is 0 Å². The molecule has 0 saturated carbocycles. The lowest BCUT2D eigenvalue weighted by Crippen LogP contribution is -2.13. The van der Waals surface area contributed by atoms with Gasteiger partial charge in [0.1, 0.15) is 11.8 Å². The van der Waals surface area contributed by atoms with Gasteiger partial charge in [0.05, 0.1) is 48.4 Å². The second-order valence-electron chi connectivity index (χ2n) is 5.15. The molecular formula is C16H17N3O6S. The largest absolute Gasteiger partial charge is 0.495 e. The van der Waals surface area contributed by atoms with Gasteiger partial charge in [-0.15, -0.1) is 0 Å². The molecule has 3 N–H and O–H groups in total. The number of hydrogen-bond donors (Lipinski definition) is 2. The number of ether oxygens (including phenoxy) is 2. The SMILES string of the molecule is COC(=O)c1c(N)c(C#N)cn1-c1cc(S(=O)(=O)CCO)ccc1OC. The predicted octanol–water partition coefficient (Wildman–Crippen LogP) is 0.492. The van der Waals surface area contributed by atoms with Crippen molar-refractivity contribution in [1.82, 2.24) is 4.57 Å². The molecule has 138 valence electrons. The maximum atomic E-state index is 12.2. The lowest BCUT2D eigenvalue weighted by Gasteiger charge is -2.14. The average molecular weight is 379 g/mol. The number of aliphatic hydroxyl groups excluding tert-OH is 1. The minimum Gasteiger partial charge on any atom is -0.495 e. The second kappa shape index (κ2) is 7.47. The van der Waals surface area contributed by atoms with E-state index in [0.29, 0.717) is 0 Å². The molecule has 10 heteroatoms. The third-order valence-corrected chi connectivity index (χ3v) is 5.36. The molecule has 0 bridgehead atoms. The molecule has 0 amide bonds. The van der Waals surface area contributed by atoms with Crippen LogP contribution in [0.4, 0.5) is 5.69 Å². The van der Waals surface area contributed by atoms with E-state index in [1.165, 1.54) is 36.1 Å². The Kier molecular flexibility index (Phi) is 5.54. The van der Waals surface area contributed by atoms with Gasteiger partial charge in [-0.25, -0.2) is 13.2 Å². The molecule has 1 heterocycles. The number of carbonyl (C=O) groups is 1. The Morgan fingerprint density at radius 1 is 1.38 bits per heavy atom. The highest BCUT2D eigenvalue weighted by atomic mass is 32.2. The number of nitrogen functional groups attached to an aromatic ring is 1. The molecule has 0 fully saturated rings. The Morgan fingerprint density at radius 3 is 2.62 bits per heavy atom. The molecule has 0 unspecified atom stereocenters. The van der Waals surface area contributed by atoms with Crippen LogP contribution in [0.5, 0.6) is 5.75 Å². The normalized spacial score (nSPS) is 11.0. The van der Waals surface area contributed by atoms with E-state index >= 15 is 0 Å². The van der Waals surface area contributed by atoms with Crippen molar-refractivity contribution in [3.63, 3.8) is 0 Å². The molecule has 2 rings (SSSR count). The van der Waals surface area contributed by atoms with Crippen molar-refractivity contribution in [2.75, 3.05) is 32.3 Å². The van der Waals surface area contributed by atoms with Crippen molar-refractivity contribution in [3.8, 4) is 17.5 Å². The van der Waals surface area contributed by atoms with Gasteiger partial charge in [0.15, 0.2) is 15.5 Å². The molecule has 0 atom stereocenters. The highest BCUT2D eigenvalue weighted by Gasteiger charge is 2.25. The summed E-state index contributed by atoms with van der Waals surface area (Å²) in [6.07, 6.45) is 1.29. The molecule has 0 radical (unpaired) electrons. The fraction of sp³-hybridized carbons (Fsp3) is 0.250. The molecule has 0 aliphatic heterocycles. The molecule has 26 heavy (non-hydrogen) atoms. The van der Waals surface area contributed by atoms with Gasteiger partial charge in [0.25, 0.3) is 0 Å². The third kappa shape index (κ3) is 3.35. The lowest BCUT2D eigenvalue weighted by atomic mass is 10.2. The number of nitrogens with zero attached hydrogens (tertiary/aromatic N) is 2. The number of benzene rings is 1. The maximum Gasteiger partial charge on any atom is 0.357 e. The van der Waals surface area contributed by atoms with Crippen LogP contribution in [0.3, 0.4) is 0 Å². The molecule has 9 nitrogen and oxygen atoms in total. The van der Waals surface area contributed by atoms with Crippen LogP contribution in [0.2, 0.25) is 0 Å². The Balaban J connectivity index is 2.80. The molecule has 1 aromatic heterocycles. The van der Waals surface area contributed by atoms with E-state index in [-0.39, 0.29) is 33.3 Å². The van der Waals surface area contributed by atoms with Crippen molar-refractivity contribution in [3.05, 3.63) is 35.7 Å². The van der Waals surface area contributed by atoms with E-state index in [1.54, 1.807) is 0 Å². The smallest absolute Gasteiger partial charge is 0.357 e. The van der Waals surface area contributed by atoms with Gasteiger partial charge < -0.3 is 24.9 Å². The molecule has 0 saturated heterocycles. The van der Waals surface area contributed by atoms with Gasteiger partial charge in [-0.2, -0.15) is 5.26 Å². The highest BCUT2D eigenvalue weighted by Crippen LogP contribution is 2.32. The standard InChI is InChI=1S/C16H17N3O6S/c1-24-13-4-3-11(26(22,23)6-5-20)7-12(13)19-9-10(8-17)14(18)15(19)16(21)25-2/h3-4,7,9,20H,5-6,18H2,1-2H3. The van der Waals surface area contributed by atoms with E-state index in [1.807, 2.05) is 6.07 Å². The Hall–Kier alpha value is -3.03. The average Bonchev–Trinajstić information content (AvgIpc) is 2.96. The number of esters is 1. The highest BCUT2D eigenvalue weighted by molar-refractivity contribution is 7.91. The van der Waals surface area contributed by atoms with Crippen LogP contribution >= 0.6 is 0 Å². The molecule has 0 aliphatic carbocycles. The summed E-state index contributed by atoms with van der Waals surface area (Å²) in [5, 5.41) is 18.1. The number of hydrogen-bond acceptors (Lipinski definition) is 8. The number of anilines is 1. The fourth-order valence-corrected chi connectivity index (χ4v) is 3.44. The summed E-state index contributed by atoms with van der Waals surface area (Å²) in [4.78, 5) is 12.0. The first-order valence-corrected chi connectivity index (χ1v) is 8.97. The van der Waals surface area contributed by atoms with Gasteiger partial charge in [0.2, 0.25) is 0 Å². The van der Waals surface area contributed by atoms with Crippen LogP contribution < -0.4 is 10.5 Å². The zero-order valence-electron chi connectivity index (χ0n) is 14.1. The summed E-state index contributed by atoms with van der Waals surface area (Å²) in [5.74, 6) is -1.01. The summed E-state index contributed by atoms with van der Waals surface area (Å²) in [7, 11) is -1.22. The number of aromatic nitrogens is 1. The lowest BCUT2D eigenvalue weighted by molar-refractivity contribution is 0.0593. The third-order valence-electron chi connectivity index (χ3n) is 3.67. The Bertz CT molecular complexity index is 988. The molecular weight excluding hydrogens is 362 g/mol. The number of nitrogens with two attached hydrogens (primary N) is 1. The van der Waals surface area contributed by atoms with E-state index in [0.717, 1.165) is 7.11 Å². The minimum atomic E-state index is -3.74. The Labute approximate surface area is 150 Å². The summed E-state index contributed by atoms with van der Waals surface area (Å²) < 4.78 is 35.7. The van der Waals surface area contributed by atoms with Gasteiger partial charge in [-0.05, 0) is 18.2 Å². The maximum absolute atomic E-state index is 12.2. The summed E-state index contributed by atoms with van der Waals surface area (Å²) in [6, 6.07) is 5.86. The van der Waals surface area contributed by atoms with Crippen molar-refractivity contribution >= 4 is 21.5 Å². The molecule has 0 spiro atoms. The summed E-state index contributed by atoms with van der Waals surface area (Å²) in [6.45, 7) is -0.536. The number of aliphatic hydroxyl groups is 1. The monoisotopic (exact) mass is 379 g/mol. The van der Waals surface area contributed by atoms with Gasteiger partial charge in [-0.3, -0.25) is 0 Å². The van der Waals surface area contributed by atoms with Crippen molar-refractivity contribution in [1.29, 1.82) is 5.26 Å². The zero-order chi connectivity index (χ0) is 19.5. The Morgan fingerprint density at radius 2 is 2.08 bits per heavy atom. The van der Waals surface area contributed by atoms with E-state index in [2.05, 4.69) is 0 Å². The van der Waals surface area contributed by atoms with Crippen LogP contribution in [0.1, 0.15) is 16.1 Å². The summed E-state index contributed by atoms with van der Waals surface area (Å²) >= 11 is 0. The van der Waals surface area contributed by atoms with Gasteiger partial charge in [0, 0.05) is 6.20 Å². The van der Waals surface area contributed by atoms with Gasteiger partial charge >= 0.3 is 5.97 Å². The molecule has 1 aromatic carbocycles. The van der Waals surface area contributed by atoms with Crippen LogP contribution in [-0.4, -0.2) is 50.6 Å². The number of carbonyl (C=O) groups excluding carboxylic acids is 1. The zero-order valence-corrected chi connectivity index (χ0v) is 14.9. The van der Waals surface area contributed by atoms with Crippen LogP contribution in [0, 0.1) is 11.3 Å².